The lowest BCUT2D eigenvalue weighted by Crippen LogP contribution is -2.43. The molecule has 0 saturated carbocycles. The molecule has 1 aromatic carbocycles. The Morgan fingerprint density at radius 3 is 2.03 bits per heavy atom. The first-order chi connectivity index (χ1) is 18.8. The van der Waals surface area contributed by atoms with Gasteiger partial charge in [-0.1, -0.05) is 101 Å². The Kier molecular flexibility index (Phi) is 18.9. The number of benzene rings is 1. The number of amides is 2. The lowest BCUT2D eigenvalue weighted by atomic mass is 10.0. The number of ether oxygens (including phenoxy) is 1. The maximum absolute atomic E-state index is 13.0. The van der Waals surface area contributed by atoms with Crippen molar-refractivity contribution in [3.63, 3.8) is 0 Å². The molecule has 0 aromatic heterocycles. The Balaban J connectivity index is 2.56. The van der Waals surface area contributed by atoms with E-state index in [0.29, 0.717) is 6.42 Å². The van der Waals surface area contributed by atoms with E-state index in [-0.39, 0.29) is 25.7 Å². The molecule has 0 aliphatic rings. The molecule has 218 valence electrons. The second-order valence-corrected chi connectivity index (χ2v) is 10.1. The molecule has 8 nitrogen and oxygen atoms in total. The van der Waals surface area contributed by atoms with Crippen molar-refractivity contribution < 1.29 is 29.0 Å². The van der Waals surface area contributed by atoms with Crippen molar-refractivity contribution in [1.82, 2.24) is 5.32 Å². The van der Waals surface area contributed by atoms with Crippen molar-refractivity contribution in [2.45, 2.75) is 122 Å². The maximum atomic E-state index is 13.0. The van der Waals surface area contributed by atoms with Gasteiger partial charge in [0, 0.05) is 12.5 Å². The number of nitrogens with one attached hydrogen (secondary N) is 1. The third-order valence-corrected chi connectivity index (χ3v) is 6.55. The fourth-order valence-corrected chi connectivity index (χ4v) is 4.37. The molecule has 0 bridgehead atoms. The van der Waals surface area contributed by atoms with Crippen molar-refractivity contribution in [2.24, 2.45) is 5.73 Å². The van der Waals surface area contributed by atoms with Gasteiger partial charge in [0.1, 0.15) is 12.1 Å². The first-order valence-electron chi connectivity index (χ1n) is 14.6. The molecule has 0 heterocycles. The normalized spacial score (nSPS) is 12.6. The monoisotopic (exact) mass is 544 g/mol. The van der Waals surface area contributed by atoms with E-state index < -0.39 is 35.9 Å². The minimum absolute atomic E-state index is 0.0901. The van der Waals surface area contributed by atoms with E-state index in [4.69, 9.17) is 15.6 Å². The fraction of sp³-hybridized carbons (Fsp3) is 0.613. The highest BCUT2D eigenvalue weighted by Gasteiger charge is 2.25. The number of nitrogens with two attached hydrogens (primary N) is 1. The van der Waals surface area contributed by atoms with E-state index in [9.17, 15) is 19.2 Å². The lowest BCUT2D eigenvalue weighted by Gasteiger charge is -2.22. The smallest absolute Gasteiger partial charge is 0.328 e. The summed E-state index contributed by atoms with van der Waals surface area (Å²) in [7, 11) is 0. The largest absolute Gasteiger partial charge is 0.481 e. The summed E-state index contributed by atoms with van der Waals surface area (Å²) in [5.74, 6) is -2.72. The fourth-order valence-electron chi connectivity index (χ4n) is 4.37. The number of esters is 1. The van der Waals surface area contributed by atoms with E-state index in [2.05, 4.69) is 12.2 Å². The van der Waals surface area contributed by atoms with Crippen LogP contribution in [0, 0.1) is 0 Å². The van der Waals surface area contributed by atoms with Crippen LogP contribution < -0.4 is 11.1 Å². The van der Waals surface area contributed by atoms with Gasteiger partial charge < -0.3 is 20.9 Å². The Morgan fingerprint density at radius 1 is 0.872 bits per heavy atom. The molecule has 0 radical (unpaired) electrons. The van der Waals surface area contributed by atoms with E-state index in [1.165, 1.54) is 57.4 Å². The number of carbonyl (C=O) groups is 4. The molecule has 39 heavy (non-hydrogen) atoms. The average Bonchev–Trinajstić information content (AvgIpc) is 2.90. The van der Waals surface area contributed by atoms with Gasteiger partial charge in [0.05, 0.1) is 6.42 Å². The number of aliphatic carboxylic acids is 1. The Hall–Kier alpha value is -3.16. The van der Waals surface area contributed by atoms with E-state index in [1.54, 1.807) is 6.08 Å². The summed E-state index contributed by atoms with van der Waals surface area (Å²) >= 11 is 0. The van der Waals surface area contributed by atoms with Gasteiger partial charge in [-0.15, -0.1) is 0 Å². The molecule has 0 saturated heterocycles. The Labute approximate surface area is 233 Å². The molecule has 0 spiro atoms. The molecular formula is C31H48N2O6. The van der Waals surface area contributed by atoms with Gasteiger partial charge in [-0.25, -0.2) is 4.79 Å². The highest BCUT2D eigenvalue weighted by Crippen LogP contribution is 2.16. The van der Waals surface area contributed by atoms with Gasteiger partial charge in [-0.3, -0.25) is 14.4 Å². The summed E-state index contributed by atoms with van der Waals surface area (Å²) in [5.41, 5.74) is 6.21. The summed E-state index contributed by atoms with van der Waals surface area (Å²) in [6.45, 7) is 2.22. The number of hydrogen-bond donors (Lipinski definition) is 3. The molecule has 2 amide bonds. The second-order valence-electron chi connectivity index (χ2n) is 10.1. The summed E-state index contributed by atoms with van der Waals surface area (Å²) in [6, 6.07) is 8.21. The Morgan fingerprint density at radius 2 is 1.46 bits per heavy atom. The molecular weight excluding hydrogens is 496 g/mol. The molecule has 2 atom stereocenters. The average molecular weight is 545 g/mol. The first kappa shape index (κ1) is 33.9. The van der Waals surface area contributed by atoms with Gasteiger partial charge in [0.15, 0.2) is 0 Å². The number of carboxylic acid groups (broad SMARTS) is 1. The quantitative estimate of drug-likeness (QED) is 0.0888. The molecule has 8 heteroatoms. The van der Waals surface area contributed by atoms with Crippen LogP contribution in [0.25, 0.3) is 6.08 Å². The van der Waals surface area contributed by atoms with Gasteiger partial charge in [-0.05, 0) is 37.3 Å². The van der Waals surface area contributed by atoms with Crippen LogP contribution in [0.3, 0.4) is 0 Å². The molecule has 1 rings (SSSR count). The molecule has 1 aromatic rings. The van der Waals surface area contributed by atoms with E-state index in [0.717, 1.165) is 24.8 Å². The number of carbonyl (C=O) groups excluding carboxylic acids is 3. The van der Waals surface area contributed by atoms with Crippen molar-refractivity contribution >= 4 is 29.8 Å². The van der Waals surface area contributed by atoms with Crippen LogP contribution in [0.5, 0.6) is 0 Å². The minimum Gasteiger partial charge on any atom is -0.481 e. The van der Waals surface area contributed by atoms with Crippen LogP contribution in [-0.4, -0.2) is 41.0 Å². The van der Waals surface area contributed by atoms with Gasteiger partial charge in [0.2, 0.25) is 11.8 Å². The lowest BCUT2D eigenvalue weighted by molar-refractivity contribution is -0.154. The molecule has 0 aliphatic heterocycles. The zero-order valence-corrected chi connectivity index (χ0v) is 23.6. The van der Waals surface area contributed by atoms with Crippen LogP contribution in [-0.2, 0) is 23.9 Å². The van der Waals surface area contributed by atoms with E-state index in [1.807, 2.05) is 30.3 Å². The molecule has 0 unspecified atom stereocenters. The van der Waals surface area contributed by atoms with Crippen LogP contribution >= 0.6 is 0 Å². The maximum Gasteiger partial charge on any atom is 0.328 e. The Bertz CT molecular complexity index is 871. The molecule has 4 N–H and O–H groups in total. The standard InChI is InChI=1S/C31H48N2O6/c1-2-3-4-5-6-7-8-9-10-11-15-19-26(24-28(32)34)39-31(38)27(20-16-21-30(36)37)33-29(35)23-22-25-17-13-12-14-18-25/h12-14,17-18,22-23,26-27H,2-11,15-16,19-21,24H2,1H3,(H2,32,34)(H,33,35)(H,36,37)/t26-,27-/m0/s1. The highest BCUT2D eigenvalue weighted by atomic mass is 16.5. The zero-order valence-electron chi connectivity index (χ0n) is 23.6. The number of rotatable bonds is 23. The van der Waals surface area contributed by atoms with Crippen molar-refractivity contribution in [3.05, 3.63) is 42.0 Å². The van der Waals surface area contributed by atoms with Gasteiger partial charge >= 0.3 is 11.9 Å². The molecule has 0 aliphatic carbocycles. The van der Waals surface area contributed by atoms with Crippen LogP contribution in [0.1, 0.15) is 115 Å². The van der Waals surface area contributed by atoms with Crippen molar-refractivity contribution in [2.75, 3.05) is 0 Å². The predicted octanol–water partition coefficient (Wildman–Crippen LogP) is 5.93. The number of hydrogen-bond acceptors (Lipinski definition) is 5. The minimum atomic E-state index is -1.02. The predicted molar refractivity (Wildman–Crippen MR) is 154 cm³/mol. The first-order valence-corrected chi connectivity index (χ1v) is 14.6. The number of unbranched alkanes of at least 4 members (excludes halogenated alkanes) is 10. The van der Waals surface area contributed by atoms with Crippen LogP contribution in [0.2, 0.25) is 0 Å². The van der Waals surface area contributed by atoms with Crippen molar-refractivity contribution in [1.29, 1.82) is 0 Å². The summed E-state index contributed by atoms with van der Waals surface area (Å²) < 4.78 is 5.61. The van der Waals surface area contributed by atoms with Crippen LogP contribution in [0.4, 0.5) is 0 Å². The SMILES string of the molecule is CCCCCCCCCCCCC[C@@H](CC(N)=O)OC(=O)[C@H](CCCC(=O)O)NC(=O)C=Cc1ccccc1. The highest BCUT2D eigenvalue weighted by molar-refractivity contribution is 5.94. The van der Waals surface area contributed by atoms with Gasteiger partial charge in [-0.2, -0.15) is 0 Å². The third-order valence-electron chi connectivity index (χ3n) is 6.55. The summed E-state index contributed by atoms with van der Waals surface area (Å²) in [4.78, 5) is 48.0. The summed E-state index contributed by atoms with van der Waals surface area (Å²) in [6.07, 6.45) is 15.9. The van der Waals surface area contributed by atoms with Crippen molar-refractivity contribution in [3.8, 4) is 0 Å². The van der Waals surface area contributed by atoms with Gasteiger partial charge in [0.25, 0.3) is 0 Å². The second kappa shape index (κ2) is 21.7. The zero-order chi connectivity index (χ0) is 28.7. The summed E-state index contributed by atoms with van der Waals surface area (Å²) in [5, 5.41) is 11.6. The third kappa shape index (κ3) is 18.7. The topological polar surface area (TPSA) is 136 Å². The number of carboxylic acids is 1. The number of primary amides is 1. The van der Waals surface area contributed by atoms with Crippen LogP contribution in [0.15, 0.2) is 36.4 Å². The molecule has 0 fully saturated rings. The van der Waals surface area contributed by atoms with E-state index >= 15 is 0 Å².